The first kappa shape index (κ1) is 73.3. The summed E-state index contributed by atoms with van der Waals surface area (Å²) in [6.07, 6.45) is 87.1. The van der Waals surface area contributed by atoms with E-state index >= 15 is 0 Å². The Balaban J connectivity index is 4.27. The van der Waals surface area contributed by atoms with Gasteiger partial charge in [-0.3, -0.25) is 14.4 Å². The average Bonchev–Trinajstić information content (AvgIpc) is 3.43. The van der Waals surface area contributed by atoms with Crippen molar-refractivity contribution in [3.05, 3.63) is 97.2 Å². The largest absolute Gasteiger partial charge is 0.462 e. The van der Waals surface area contributed by atoms with Crippen LogP contribution in [-0.2, 0) is 28.6 Å². The van der Waals surface area contributed by atoms with E-state index in [1.165, 1.54) is 161 Å². The van der Waals surface area contributed by atoms with Gasteiger partial charge in [0.25, 0.3) is 0 Å². The highest BCUT2D eigenvalue weighted by Crippen LogP contribution is 2.16. The molecule has 6 nitrogen and oxygen atoms in total. The van der Waals surface area contributed by atoms with E-state index in [4.69, 9.17) is 14.2 Å². The van der Waals surface area contributed by atoms with Crippen molar-refractivity contribution in [3.63, 3.8) is 0 Å². The van der Waals surface area contributed by atoms with E-state index in [1.807, 2.05) is 0 Å². The Hall–Kier alpha value is -3.67. The highest BCUT2D eigenvalue weighted by molar-refractivity contribution is 5.71. The topological polar surface area (TPSA) is 78.9 Å². The lowest BCUT2D eigenvalue weighted by Crippen LogP contribution is -2.30. The van der Waals surface area contributed by atoms with Crippen LogP contribution in [0, 0.1) is 0 Å². The molecule has 0 aliphatic rings. The summed E-state index contributed by atoms with van der Waals surface area (Å²) >= 11 is 0. The quantitative estimate of drug-likeness (QED) is 0.0261. The second-order valence-corrected chi connectivity index (χ2v) is 21.6. The molecule has 1 unspecified atom stereocenters. The molecular weight excluding hydrogens is 949 g/mol. The third-order valence-electron chi connectivity index (χ3n) is 14.0. The Morgan fingerprint density at radius 1 is 0.273 bits per heavy atom. The van der Waals surface area contributed by atoms with Gasteiger partial charge in [-0.2, -0.15) is 0 Å². The van der Waals surface area contributed by atoms with Crippen molar-refractivity contribution in [3.8, 4) is 0 Å². The van der Waals surface area contributed by atoms with Gasteiger partial charge in [0.15, 0.2) is 6.10 Å². The van der Waals surface area contributed by atoms with Crippen LogP contribution in [0.15, 0.2) is 97.2 Å². The number of hydrogen-bond donors (Lipinski definition) is 0. The maximum absolute atomic E-state index is 12.9. The standard InChI is InChI=1S/C71H122O6/c1-4-7-10-13-16-19-22-24-26-28-30-32-33-34-35-36-37-39-40-42-44-46-49-52-55-58-61-64-70(73)76-67-68(66-75-69(72)63-60-57-54-51-48-21-18-15-12-9-6-3)77-71(74)65-62-59-56-53-50-47-45-43-41-38-31-29-27-25-23-20-17-14-11-8-5-2/h7,10,15-16,18-19,23-26,29-32,41,43,68H,4-6,8-9,11-14,17,20-22,27-28,33-40,42,44-67H2,1-3H3/b10-7-,18-15-,19-16-,25-23-,26-24-,31-29-,32-30-,43-41-. The van der Waals surface area contributed by atoms with Gasteiger partial charge in [0.1, 0.15) is 13.2 Å². The minimum Gasteiger partial charge on any atom is -0.462 e. The van der Waals surface area contributed by atoms with Gasteiger partial charge < -0.3 is 14.2 Å². The van der Waals surface area contributed by atoms with E-state index in [0.717, 1.165) is 116 Å². The molecular formula is C71H122O6. The van der Waals surface area contributed by atoms with E-state index in [0.29, 0.717) is 19.3 Å². The third kappa shape index (κ3) is 63.0. The lowest BCUT2D eigenvalue weighted by molar-refractivity contribution is -0.167. The molecule has 1 atom stereocenters. The molecule has 0 spiro atoms. The molecule has 0 amide bonds. The molecule has 0 aromatic heterocycles. The molecule has 0 aromatic carbocycles. The van der Waals surface area contributed by atoms with Gasteiger partial charge in [-0.1, -0.05) is 279 Å². The highest BCUT2D eigenvalue weighted by Gasteiger charge is 2.19. The van der Waals surface area contributed by atoms with Crippen molar-refractivity contribution >= 4 is 17.9 Å². The lowest BCUT2D eigenvalue weighted by Gasteiger charge is -2.18. The predicted molar refractivity (Wildman–Crippen MR) is 334 cm³/mol. The SMILES string of the molecule is CC/C=C\C/C=C\C/C=C\C/C=C\CCCCCCCCCCCCCCCCC(=O)OCC(COC(=O)CCCCCCC/C=C\CCCC)OC(=O)CCCCCCCC/C=C\C/C=C\C/C=C\CCCCCCC. The van der Waals surface area contributed by atoms with Gasteiger partial charge in [-0.05, 0) is 116 Å². The summed E-state index contributed by atoms with van der Waals surface area (Å²) in [5, 5.41) is 0. The highest BCUT2D eigenvalue weighted by atomic mass is 16.6. The van der Waals surface area contributed by atoms with Crippen molar-refractivity contribution in [2.24, 2.45) is 0 Å². The molecule has 0 saturated heterocycles. The van der Waals surface area contributed by atoms with Crippen LogP contribution in [0.25, 0.3) is 0 Å². The third-order valence-corrected chi connectivity index (χ3v) is 14.0. The second-order valence-electron chi connectivity index (χ2n) is 21.6. The Morgan fingerprint density at radius 3 is 0.844 bits per heavy atom. The normalized spacial score (nSPS) is 12.7. The monoisotopic (exact) mass is 1070 g/mol. The zero-order chi connectivity index (χ0) is 55.7. The van der Waals surface area contributed by atoms with Crippen LogP contribution in [-0.4, -0.2) is 37.2 Å². The molecule has 0 fully saturated rings. The molecule has 442 valence electrons. The predicted octanol–water partition coefficient (Wildman–Crippen LogP) is 22.4. The van der Waals surface area contributed by atoms with Gasteiger partial charge in [0, 0.05) is 19.3 Å². The fourth-order valence-corrected chi connectivity index (χ4v) is 9.13. The summed E-state index contributed by atoms with van der Waals surface area (Å²) in [6, 6.07) is 0. The molecule has 0 aromatic rings. The van der Waals surface area contributed by atoms with E-state index < -0.39 is 6.10 Å². The number of ether oxygens (including phenoxy) is 3. The van der Waals surface area contributed by atoms with Crippen LogP contribution >= 0.6 is 0 Å². The zero-order valence-corrected chi connectivity index (χ0v) is 50.7. The van der Waals surface area contributed by atoms with Crippen LogP contribution in [0.2, 0.25) is 0 Å². The second kappa shape index (κ2) is 64.9. The van der Waals surface area contributed by atoms with E-state index in [1.54, 1.807) is 0 Å². The molecule has 0 bridgehead atoms. The minimum absolute atomic E-state index is 0.0845. The van der Waals surface area contributed by atoms with Crippen molar-refractivity contribution < 1.29 is 28.6 Å². The average molecular weight is 1070 g/mol. The van der Waals surface area contributed by atoms with E-state index in [9.17, 15) is 14.4 Å². The Labute approximate surface area is 477 Å². The van der Waals surface area contributed by atoms with Crippen LogP contribution in [0.5, 0.6) is 0 Å². The van der Waals surface area contributed by atoms with Crippen molar-refractivity contribution in [2.75, 3.05) is 13.2 Å². The summed E-state index contributed by atoms with van der Waals surface area (Å²) in [7, 11) is 0. The Morgan fingerprint density at radius 2 is 0.519 bits per heavy atom. The van der Waals surface area contributed by atoms with Crippen molar-refractivity contribution in [1.29, 1.82) is 0 Å². The summed E-state index contributed by atoms with van der Waals surface area (Å²) in [6.45, 7) is 6.48. The molecule has 0 N–H and O–H groups in total. The van der Waals surface area contributed by atoms with E-state index in [-0.39, 0.29) is 31.1 Å². The lowest BCUT2D eigenvalue weighted by atomic mass is 10.0. The van der Waals surface area contributed by atoms with Crippen LogP contribution in [0.4, 0.5) is 0 Å². The summed E-state index contributed by atoms with van der Waals surface area (Å²) < 4.78 is 16.9. The molecule has 0 saturated carbocycles. The van der Waals surface area contributed by atoms with Crippen LogP contribution in [0.1, 0.15) is 316 Å². The summed E-state index contributed by atoms with van der Waals surface area (Å²) in [5.41, 5.74) is 0. The molecule has 0 rings (SSSR count). The molecule has 0 aliphatic heterocycles. The number of esters is 3. The molecule has 6 heteroatoms. The van der Waals surface area contributed by atoms with Gasteiger partial charge in [-0.15, -0.1) is 0 Å². The first-order valence-electron chi connectivity index (χ1n) is 32.7. The Bertz CT molecular complexity index is 1510. The van der Waals surface area contributed by atoms with Gasteiger partial charge in [0.2, 0.25) is 0 Å². The van der Waals surface area contributed by atoms with Gasteiger partial charge in [0.05, 0.1) is 0 Å². The molecule has 77 heavy (non-hydrogen) atoms. The fraction of sp³-hybridized carbons (Fsp3) is 0.732. The van der Waals surface area contributed by atoms with Crippen molar-refractivity contribution in [1.82, 2.24) is 0 Å². The smallest absolute Gasteiger partial charge is 0.306 e. The minimum atomic E-state index is -0.789. The van der Waals surface area contributed by atoms with Crippen molar-refractivity contribution in [2.45, 2.75) is 322 Å². The maximum atomic E-state index is 12.9. The number of carbonyl (C=O) groups is 3. The van der Waals surface area contributed by atoms with Gasteiger partial charge >= 0.3 is 17.9 Å². The molecule has 0 aliphatic carbocycles. The maximum Gasteiger partial charge on any atom is 0.306 e. The number of hydrogen-bond acceptors (Lipinski definition) is 6. The fourth-order valence-electron chi connectivity index (χ4n) is 9.13. The van der Waals surface area contributed by atoms with Crippen LogP contribution < -0.4 is 0 Å². The summed E-state index contributed by atoms with van der Waals surface area (Å²) in [5.74, 6) is -0.898. The number of carbonyl (C=O) groups excluding carboxylic acids is 3. The number of allylic oxidation sites excluding steroid dienone is 16. The van der Waals surface area contributed by atoms with Gasteiger partial charge in [-0.25, -0.2) is 0 Å². The first-order valence-corrected chi connectivity index (χ1v) is 32.7. The zero-order valence-electron chi connectivity index (χ0n) is 50.7. The number of rotatable bonds is 59. The molecule has 0 radical (unpaired) electrons. The first-order chi connectivity index (χ1) is 38.0. The van der Waals surface area contributed by atoms with Crippen LogP contribution in [0.3, 0.4) is 0 Å². The van der Waals surface area contributed by atoms with E-state index in [2.05, 4.69) is 118 Å². The summed E-state index contributed by atoms with van der Waals surface area (Å²) in [4.78, 5) is 38.3. The number of unbranched alkanes of at least 4 members (excludes halogenated alkanes) is 32. The Kier molecular flexibility index (Phi) is 61.8. The molecule has 0 heterocycles.